The average molecular weight is 866 g/mol. The maximum atomic E-state index is 11.5. The van der Waals surface area contributed by atoms with Crippen molar-refractivity contribution < 1.29 is 34.1 Å². The van der Waals surface area contributed by atoms with Crippen LogP contribution in [0.3, 0.4) is 0 Å². The van der Waals surface area contributed by atoms with E-state index in [1.807, 2.05) is 54.6 Å². The third kappa shape index (κ3) is 5.95. The molecule has 0 atom stereocenters. The van der Waals surface area contributed by atoms with Crippen molar-refractivity contribution in [2.75, 3.05) is 0 Å². The van der Waals surface area contributed by atoms with E-state index in [0.717, 1.165) is 76.1 Å². The number of fused-ring (bicyclic) bond motifs is 23. The molecule has 11 aromatic rings. The second-order valence-corrected chi connectivity index (χ2v) is 15.5. The number of aromatic carboxylic acids is 1. The molecular weight excluding hydrogens is 838 g/mol. The van der Waals surface area contributed by atoms with Crippen LogP contribution in [0.5, 0.6) is 11.5 Å². The van der Waals surface area contributed by atoms with E-state index in [9.17, 15) is 9.90 Å². The van der Waals surface area contributed by atoms with Crippen LogP contribution >= 0.6 is 0 Å². The Balaban J connectivity index is 0.00000421. The molecular formula is C51H28N8O3Zn+2. The summed E-state index contributed by atoms with van der Waals surface area (Å²) in [6.45, 7) is 0. The van der Waals surface area contributed by atoms with Crippen molar-refractivity contribution in [2.45, 2.75) is 0 Å². The van der Waals surface area contributed by atoms with Crippen molar-refractivity contribution in [2.24, 2.45) is 0 Å². The zero-order chi connectivity index (χ0) is 41.1. The van der Waals surface area contributed by atoms with Gasteiger partial charge in [0.15, 0.2) is 23.3 Å². The topological polar surface area (TPSA) is 155 Å². The van der Waals surface area contributed by atoms with Gasteiger partial charge in [-0.3, -0.25) is 0 Å². The van der Waals surface area contributed by atoms with Gasteiger partial charge in [0.05, 0.1) is 5.56 Å². The molecule has 2 aliphatic heterocycles. The first-order valence-corrected chi connectivity index (χ1v) is 20.0. The van der Waals surface area contributed by atoms with Crippen molar-refractivity contribution in [3.63, 3.8) is 0 Å². The minimum Gasteiger partial charge on any atom is -0.478 e. The monoisotopic (exact) mass is 864 g/mol. The summed E-state index contributed by atoms with van der Waals surface area (Å²) in [6, 6.07) is 49.5. The third-order valence-electron chi connectivity index (χ3n) is 11.7. The van der Waals surface area contributed by atoms with E-state index in [2.05, 4.69) is 82.8 Å². The first-order chi connectivity index (χ1) is 30.5. The molecule has 0 amide bonds. The predicted molar refractivity (Wildman–Crippen MR) is 242 cm³/mol. The molecule has 0 saturated carbocycles. The van der Waals surface area contributed by atoms with Gasteiger partial charge in [0.2, 0.25) is 0 Å². The van der Waals surface area contributed by atoms with Gasteiger partial charge in [-0.05, 0) is 111 Å². The molecule has 0 unspecified atom stereocenters. The Morgan fingerprint density at radius 1 is 0.397 bits per heavy atom. The van der Waals surface area contributed by atoms with E-state index in [-0.39, 0.29) is 25.0 Å². The standard InChI is InChI=1S/C51H28N8O3.Zn/c60-51(61)26-13-15-33(16-14-26)62-34-17-18-35-42(25-34)50-53-43(35)52-44-36-19-27-7-1-2-8-28(27)20-37(36)45(54-44)55-46-38-21-29-9-3-4-10-30(29)22-39(38)47(56-46)57-48-40-23-31-11-5-6-12-32(31)24-41(40)49(58-48)59-50;/h1-25H,(H,60,61)(H2,52,53,54,55,56,57,58,59);/q;+2. The second-order valence-electron chi connectivity index (χ2n) is 15.5. The van der Waals surface area contributed by atoms with Crippen LogP contribution in [0, 0.1) is 0 Å². The van der Waals surface area contributed by atoms with Crippen LogP contribution in [0.1, 0.15) is 10.4 Å². The van der Waals surface area contributed by atoms with Gasteiger partial charge in [-0.2, -0.15) is 0 Å². The Bertz CT molecular complexity index is 3960. The Morgan fingerprint density at radius 3 is 1.14 bits per heavy atom. The van der Waals surface area contributed by atoms with Gasteiger partial charge >= 0.3 is 25.4 Å². The molecule has 0 radical (unpaired) electrons. The molecule has 8 bridgehead atoms. The molecule has 0 spiro atoms. The summed E-state index contributed by atoms with van der Waals surface area (Å²) in [5.74, 6) is 2.04. The van der Waals surface area contributed by atoms with E-state index in [0.29, 0.717) is 57.4 Å². The van der Waals surface area contributed by atoms with Gasteiger partial charge in [0.1, 0.15) is 34.1 Å². The zero-order valence-corrected chi connectivity index (χ0v) is 36.1. The normalized spacial score (nSPS) is 11.8. The Morgan fingerprint density at radius 2 is 0.746 bits per heavy atom. The molecule has 5 heterocycles. The zero-order valence-electron chi connectivity index (χ0n) is 33.1. The number of hydrogen-bond acceptors (Lipinski definition) is 8. The fourth-order valence-corrected chi connectivity index (χ4v) is 8.70. The summed E-state index contributed by atoms with van der Waals surface area (Å²) >= 11 is 0. The second kappa shape index (κ2) is 13.9. The Labute approximate surface area is 369 Å². The van der Waals surface area contributed by atoms with Crippen LogP contribution in [0.4, 0.5) is 0 Å². The number of aromatic nitrogens is 8. The Hall–Kier alpha value is -8.21. The maximum Gasteiger partial charge on any atom is 2.00 e. The molecule has 0 aliphatic carbocycles. The van der Waals surface area contributed by atoms with Crippen LogP contribution in [0.25, 0.3) is 122 Å². The molecule has 8 aromatic carbocycles. The minimum absolute atomic E-state index is 0. The molecule has 2 aliphatic rings. The molecule has 13 rings (SSSR count). The Kier molecular flexibility index (Phi) is 8.09. The summed E-state index contributed by atoms with van der Waals surface area (Å²) < 4.78 is 6.27. The quantitative estimate of drug-likeness (QED) is 0.147. The smallest absolute Gasteiger partial charge is 0.478 e. The van der Waals surface area contributed by atoms with E-state index >= 15 is 0 Å². The average Bonchev–Trinajstić information content (AvgIpc) is 4.01. The number of H-pyrrole nitrogens is 2. The van der Waals surface area contributed by atoms with E-state index in [1.54, 1.807) is 12.1 Å². The first kappa shape index (κ1) is 36.6. The summed E-state index contributed by atoms with van der Waals surface area (Å²) in [5, 5.41) is 19.1. The molecule has 290 valence electrons. The van der Waals surface area contributed by atoms with Gasteiger partial charge in [-0.1, -0.05) is 72.8 Å². The number of aromatic amines is 2. The first-order valence-electron chi connectivity index (χ1n) is 20.0. The number of benzene rings is 8. The SMILES string of the molecule is O=C(O)c1ccc(Oc2ccc3c4nc5nc(nc6[nH]c(nc7nc(nc([nH]4)c3c2)-c2cc3ccccc3cc2-7)c2cc3ccccc3cc62)-c2cc3ccccc3cc2-5)cc1.[Zn+2]. The van der Waals surface area contributed by atoms with Gasteiger partial charge in [0.25, 0.3) is 0 Å². The summed E-state index contributed by atoms with van der Waals surface area (Å²) in [5.41, 5.74) is 5.88. The number of hydrogen-bond donors (Lipinski definition) is 3. The minimum atomic E-state index is -1.01. The van der Waals surface area contributed by atoms with Crippen LogP contribution in [0.15, 0.2) is 152 Å². The van der Waals surface area contributed by atoms with Crippen molar-refractivity contribution in [3.8, 4) is 57.1 Å². The van der Waals surface area contributed by atoms with E-state index in [4.69, 9.17) is 34.6 Å². The molecule has 0 saturated heterocycles. The van der Waals surface area contributed by atoms with Crippen LogP contribution in [-0.2, 0) is 19.5 Å². The van der Waals surface area contributed by atoms with Gasteiger partial charge in [-0.15, -0.1) is 0 Å². The number of ether oxygens (including phenoxy) is 1. The van der Waals surface area contributed by atoms with Crippen molar-refractivity contribution in [3.05, 3.63) is 157 Å². The number of carboxylic acid groups (broad SMARTS) is 1. The molecule has 3 N–H and O–H groups in total. The molecule has 12 heteroatoms. The fourth-order valence-electron chi connectivity index (χ4n) is 8.70. The van der Waals surface area contributed by atoms with Crippen molar-refractivity contribution in [1.82, 2.24) is 39.9 Å². The van der Waals surface area contributed by atoms with E-state index in [1.165, 1.54) is 12.1 Å². The van der Waals surface area contributed by atoms with Crippen LogP contribution < -0.4 is 4.74 Å². The number of nitrogens with zero attached hydrogens (tertiary/aromatic N) is 6. The summed E-state index contributed by atoms with van der Waals surface area (Å²) in [7, 11) is 0. The molecule has 3 aromatic heterocycles. The third-order valence-corrected chi connectivity index (χ3v) is 11.7. The fraction of sp³-hybridized carbons (Fsp3) is 0. The number of carbonyl (C=O) groups is 1. The number of rotatable bonds is 3. The van der Waals surface area contributed by atoms with Gasteiger partial charge < -0.3 is 19.8 Å². The largest absolute Gasteiger partial charge is 2.00 e. The van der Waals surface area contributed by atoms with Crippen molar-refractivity contribution >= 4 is 82.4 Å². The summed E-state index contributed by atoms with van der Waals surface area (Å²) in [6.07, 6.45) is 0. The maximum absolute atomic E-state index is 11.5. The number of nitrogens with one attached hydrogen (secondary N) is 2. The molecule has 11 nitrogen and oxygen atoms in total. The molecule has 63 heavy (non-hydrogen) atoms. The molecule has 0 fully saturated rings. The summed E-state index contributed by atoms with van der Waals surface area (Å²) in [4.78, 5) is 50.0. The number of carboxylic acids is 1. The van der Waals surface area contributed by atoms with Crippen molar-refractivity contribution in [1.29, 1.82) is 0 Å². The van der Waals surface area contributed by atoms with Crippen LogP contribution in [0.2, 0.25) is 0 Å². The van der Waals surface area contributed by atoms with Gasteiger partial charge in [-0.25, -0.2) is 34.7 Å². The predicted octanol–water partition coefficient (Wildman–Crippen LogP) is 11.8. The van der Waals surface area contributed by atoms with E-state index < -0.39 is 5.97 Å². The van der Waals surface area contributed by atoms with Crippen LogP contribution in [-0.4, -0.2) is 50.9 Å². The van der Waals surface area contributed by atoms with Gasteiger partial charge in [0, 0.05) is 43.8 Å².